The smallest absolute Gasteiger partial charge is 0.256 e. The minimum atomic E-state index is -1.31. The standard InChI is InChI=1S/C21H22F3IN2O4/c22-15-5-4-14(19(18(15)24)26-17-6-3-12(25)8-16(17)23)20(30)27-10-21(31,11-27)7-1-2-13(29)9-28/h3-6,8,13,26,28-29,31H,1-2,7,9-11H2. The van der Waals surface area contributed by atoms with Crippen molar-refractivity contribution in [2.24, 2.45) is 0 Å². The summed E-state index contributed by atoms with van der Waals surface area (Å²) in [5.74, 6) is -3.81. The fourth-order valence-corrected chi connectivity index (χ4v) is 3.92. The molecule has 0 spiro atoms. The van der Waals surface area contributed by atoms with Gasteiger partial charge in [-0.3, -0.25) is 4.79 Å². The van der Waals surface area contributed by atoms with Gasteiger partial charge in [0.25, 0.3) is 5.91 Å². The Morgan fingerprint density at radius 3 is 2.55 bits per heavy atom. The highest BCUT2D eigenvalue weighted by molar-refractivity contribution is 14.1. The largest absolute Gasteiger partial charge is 0.394 e. The van der Waals surface area contributed by atoms with Crippen LogP contribution in [0, 0.1) is 21.0 Å². The third-order valence-electron chi connectivity index (χ3n) is 5.16. The normalized spacial score (nSPS) is 16.0. The number of aliphatic hydroxyl groups is 3. The van der Waals surface area contributed by atoms with Crippen molar-refractivity contribution in [1.82, 2.24) is 4.90 Å². The summed E-state index contributed by atoms with van der Waals surface area (Å²) in [5.41, 5.74) is -1.93. The number of benzene rings is 2. The average molecular weight is 550 g/mol. The molecule has 1 aliphatic heterocycles. The van der Waals surface area contributed by atoms with E-state index in [1.807, 2.05) is 22.6 Å². The van der Waals surface area contributed by atoms with Gasteiger partial charge in [-0.25, -0.2) is 13.2 Å². The number of rotatable bonds is 8. The van der Waals surface area contributed by atoms with Crippen LogP contribution in [-0.4, -0.2) is 57.5 Å². The van der Waals surface area contributed by atoms with Crippen LogP contribution in [0.4, 0.5) is 24.5 Å². The third-order valence-corrected chi connectivity index (χ3v) is 5.83. The van der Waals surface area contributed by atoms with Gasteiger partial charge >= 0.3 is 0 Å². The monoisotopic (exact) mass is 550 g/mol. The van der Waals surface area contributed by atoms with E-state index in [1.54, 1.807) is 6.07 Å². The predicted octanol–water partition coefficient (Wildman–Crippen LogP) is 3.16. The highest BCUT2D eigenvalue weighted by atomic mass is 127. The van der Waals surface area contributed by atoms with Crippen LogP contribution in [0.3, 0.4) is 0 Å². The van der Waals surface area contributed by atoms with Crippen molar-refractivity contribution in [3.05, 3.63) is 56.9 Å². The van der Waals surface area contributed by atoms with Crippen LogP contribution in [0.25, 0.3) is 0 Å². The van der Waals surface area contributed by atoms with E-state index in [0.717, 1.165) is 12.1 Å². The summed E-state index contributed by atoms with van der Waals surface area (Å²) < 4.78 is 43.1. The molecule has 0 saturated carbocycles. The first-order valence-electron chi connectivity index (χ1n) is 9.64. The summed E-state index contributed by atoms with van der Waals surface area (Å²) in [7, 11) is 0. The number of nitrogens with zero attached hydrogens (tertiary/aromatic N) is 1. The Balaban J connectivity index is 1.74. The van der Waals surface area contributed by atoms with Crippen molar-refractivity contribution >= 4 is 39.9 Å². The number of carbonyl (C=O) groups is 1. The van der Waals surface area contributed by atoms with Gasteiger partial charge in [-0.15, -0.1) is 0 Å². The molecule has 1 atom stereocenters. The Kier molecular flexibility index (Phi) is 7.45. The number of carbonyl (C=O) groups excluding carboxylic acids is 1. The average Bonchev–Trinajstić information content (AvgIpc) is 2.70. The number of likely N-dealkylation sites (tertiary alicyclic amines) is 1. The molecular formula is C21H22F3IN2O4. The van der Waals surface area contributed by atoms with Gasteiger partial charge in [0, 0.05) is 3.57 Å². The Hall–Kier alpha value is -1.89. The van der Waals surface area contributed by atoms with Gasteiger partial charge in [-0.2, -0.15) is 0 Å². The highest BCUT2D eigenvalue weighted by Crippen LogP contribution is 2.33. The minimum absolute atomic E-state index is 0.0165. The molecule has 1 aliphatic rings. The molecule has 4 N–H and O–H groups in total. The molecule has 168 valence electrons. The summed E-state index contributed by atoms with van der Waals surface area (Å²) in [6, 6.07) is 6.08. The van der Waals surface area contributed by atoms with Crippen LogP contribution in [0.15, 0.2) is 30.3 Å². The molecule has 2 aromatic carbocycles. The Morgan fingerprint density at radius 1 is 1.19 bits per heavy atom. The highest BCUT2D eigenvalue weighted by Gasteiger charge is 2.44. The van der Waals surface area contributed by atoms with Crippen LogP contribution in [0.1, 0.15) is 29.6 Å². The lowest BCUT2D eigenvalue weighted by molar-refractivity contribution is -0.0882. The number of nitrogens with one attached hydrogen (secondary N) is 1. The minimum Gasteiger partial charge on any atom is -0.394 e. The van der Waals surface area contributed by atoms with E-state index >= 15 is 0 Å². The number of halogens is 4. The van der Waals surface area contributed by atoms with Gasteiger partial charge in [0.05, 0.1) is 48.3 Å². The van der Waals surface area contributed by atoms with Gasteiger partial charge in [0.2, 0.25) is 0 Å². The molecule has 31 heavy (non-hydrogen) atoms. The van der Waals surface area contributed by atoms with E-state index in [0.29, 0.717) is 22.8 Å². The molecular weight excluding hydrogens is 528 g/mol. The van der Waals surface area contributed by atoms with Gasteiger partial charge in [-0.05, 0) is 72.2 Å². The predicted molar refractivity (Wildman–Crippen MR) is 117 cm³/mol. The molecule has 6 nitrogen and oxygen atoms in total. The second-order valence-corrected chi connectivity index (χ2v) is 8.89. The zero-order valence-corrected chi connectivity index (χ0v) is 18.6. The van der Waals surface area contributed by atoms with Gasteiger partial charge in [0.1, 0.15) is 5.82 Å². The second-order valence-electron chi connectivity index (χ2n) is 7.65. The fraction of sp³-hybridized carbons (Fsp3) is 0.381. The van der Waals surface area contributed by atoms with Crippen molar-refractivity contribution in [3.63, 3.8) is 0 Å². The van der Waals surface area contributed by atoms with Gasteiger partial charge < -0.3 is 25.5 Å². The molecule has 0 aromatic heterocycles. The lowest BCUT2D eigenvalue weighted by atomic mass is 9.87. The first-order chi connectivity index (χ1) is 14.6. The summed E-state index contributed by atoms with van der Waals surface area (Å²) in [6.07, 6.45) is 0.208. The number of anilines is 2. The molecule has 0 aliphatic carbocycles. The molecule has 0 radical (unpaired) electrons. The Bertz CT molecular complexity index is 970. The summed E-state index contributed by atoms with van der Waals surface area (Å²) >= 11 is 1.91. The molecule has 3 rings (SSSR count). The first kappa shape index (κ1) is 23.8. The molecule has 10 heteroatoms. The van der Waals surface area contributed by atoms with Gasteiger partial charge in [0.15, 0.2) is 11.6 Å². The van der Waals surface area contributed by atoms with E-state index in [2.05, 4.69) is 5.32 Å². The Labute approximate surface area is 190 Å². The van der Waals surface area contributed by atoms with E-state index in [-0.39, 0.29) is 30.9 Å². The maximum atomic E-state index is 14.5. The van der Waals surface area contributed by atoms with Crippen molar-refractivity contribution in [3.8, 4) is 0 Å². The van der Waals surface area contributed by atoms with Crippen LogP contribution < -0.4 is 5.32 Å². The van der Waals surface area contributed by atoms with Crippen LogP contribution >= 0.6 is 22.6 Å². The van der Waals surface area contributed by atoms with Crippen LogP contribution in [0.2, 0.25) is 0 Å². The molecule has 2 aromatic rings. The molecule has 1 amide bonds. The van der Waals surface area contributed by atoms with E-state index < -0.39 is 40.8 Å². The van der Waals surface area contributed by atoms with Crippen molar-refractivity contribution in [1.29, 1.82) is 0 Å². The summed E-state index contributed by atoms with van der Waals surface area (Å²) in [5, 5.41) is 31.2. The van der Waals surface area contributed by atoms with E-state index in [1.165, 1.54) is 17.0 Å². The second kappa shape index (κ2) is 9.72. The molecule has 1 saturated heterocycles. The molecule has 1 fully saturated rings. The number of β-amino-alcohol motifs (C(OH)–C–C–N with tert-alkyl or cyclic N) is 1. The van der Waals surface area contributed by atoms with Crippen LogP contribution in [-0.2, 0) is 0 Å². The Morgan fingerprint density at radius 2 is 1.90 bits per heavy atom. The van der Waals surface area contributed by atoms with Crippen molar-refractivity contribution < 1.29 is 33.3 Å². The zero-order chi connectivity index (χ0) is 22.8. The quantitative estimate of drug-likeness (QED) is 0.380. The first-order valence-corrected chi connectivity index (χ1v) is 10.7. The van der Waals surface area contributed by atoms with Crippen LogP contribution in [0.5, 0.6) is 0 Å². The van der Waals surface area contributed by atoms with Gasteiger partial charge in [-0.1, -0.05) is 0 Å². The zero-order valence-electron chi connectivity index (χ0n) is 16.4. The van der Waals surface area contributed by atoms with Crippen molar-refractivity contribution in [2.45, 2.75) is 31.0 Å². The lowest BCUT2D eigenvalue weighted by Gasteiger charge is -2.47. The SMILES string of the molecule is O=C(c1ccc(F)c(F)c1Nc1ccc(I)cc1F)N1CC(O)(CCCC(O)CO)C1. The van der Waals surface area contributed by atoms with Crippen molar-refractivity contribution in [2.75, 3.05) is 25.0 Å². The summed E-state index contributed by atoms with van der Waals surface area (Å²) in [4.78, 5) is 14.2. The molecule has 0 bridgehead atoms. The topological polar surface area (TPSA) is 93.0 Å². The number of hydrogen-bond acceptors (Lipinski definition) is 5. The summed E-state index contributed by atoms with van der Waals surface area (Å²) in [6.45, 7) is -0.398. The number of aliphatic hydroxyl groups excluding tert-OH is 2. The van der Waals surface area contributed by atoms with E-state index in [9.17, 15) is 28.2 Å². The molecule has 1 unspecified atom stereocenters. The third kappa shape index (κ3) is 5.48. The number of hydrogen-bond donors (Lipinski definition) is 4. The number of amides is 1. The van der Waals surface area contributed by atoms with E-state index in [4.69, 9.17) is 5.11 Å². The maximum absolute atomic E-state index is 14.5. The maximum Gasteiger partial charge on any atom is 0.256 e. The fourth-order valence-electron chi connectivity index (χ4n) is 3.47. The lowest BCUT2D eigenvalue weighted by Crippen LogP contribution is -2.63. The molecule has 1 heterocycles.